The number of amides is 1. The lowest BCUT2D eigenvalue weighted by molar-refractivity contribution is -0.162. The standard InChI is InChI=1S/C27H32ClNO5/c1-26(25(33)34-2)9-4-3-5-18(26)24(32)29-12-8-17-19(28)6-7-21(30)23(17)20(29)13-16-14-27(10-11-27)15-22(16)31/h3-4,6-7,16,18,20,30H,5,8-15H2,1-2H3/t16?,18-,20+,26-/m0/s1. The van der Waals surface area contributed by atoms with Crippen LogP contribution in [0.1, 0.15) is 69.0 Å². The zero-order valence-corrected chi connectivity index (χ0v) is 20.6. The number of fused-ring (bicyclic) bond motifs is 1. The van der Waals surface area contributed by atoms with Gasteiger partial charge >= 0.3 is 5.97 Å². The van der Waals surface area contributed by atoms with Crippen molar-refractivity contribution >= 4 is 29.3 Å². The average molecular weight is 486 g/mol. The SMILES string of the molecule is COC(=O)[C@@]1(C)CC=CC[C@H]1C(=O)N1CCc2c(Cl)ccc(O)c2[C@H]1CC1CC2(CC2)CC1=O. The molecule has 1 heterocycles. The molecule has 5 rings (SSSR count). The van der Waals surface area contributed by atoms with Crippen LogP contribution in [0.25, 0.3) is 0 Å². The Morgan fingerprint density at radius 3 is 2.71 bits per heavy atom. The third-order valence-electron chi connectivity index (χ3n) is 8.82. The van der Waals surface area contributed by atoms with Crippen LogP contribution < -0.4 is 0 Å². The van der Waals surface area contributed by atoms with Crippen molar-refractivity contribution in [2.24, 2.45) is 22.7 Å². The normalized spacial score (nSPS) is 31.4. The number of hydrogen-bond acceptors (Lipinski definition) is 5. The van der Waals surface area contributed by atoms with Crippen molar-refractivity contribution in [2.45, 2.75) is 64.3 Å². The van der Waals surface area contributed by atoms with Crippen molar-refractivity contribution in [3.8, 4) is 5.75 Å². The molecule has 1 amide bonds. The Bertz CT molecular complexity index is 1080. The van der Waals surface area contributed by atoms with Gasteiger partial charge in [0.1, 0.15) is 11.5 Å². The fraction of sp³-hybridized carbons (Fsp3) is 0.593. The second kappa shape index (κ2) is 8.40. The second-order valence-electron chi connectivity index (χ2n) is 10.9. The number of methoxy groups -OCH3 is 1. The van der Waals surface area contributed by atoms with Gasteiger partial charge in [-0.2, -0.15) is 0 Å². The summed E-state index contributed by atoms with van der Waals surface area (Å²) in [5.41, 5.74) is 0.717. The molecule has 1 aromatic rings. The van der Waals surface area contributed by atoms with Crippen LogP contribution >= 0.6 is 11.6 Å². The molecule has 0 bridgehead atoms. The molecule has 0 radical (unpaired) electrons. The minimum atomic E-state index is -0.955. The number of phenolic OH excluding ortho intramolecular Hbond substituents is 1. The number of nitrogens with zero attached hydrogens (tertiary/aromatic N) is 1. The lowest BCUT2D eigenvalue weighted by Crippen LogP contribution is -2.50. The average Bonchev–Trinajstić information content (AvgIpc) is 3.50. The number of Topliss-reactive ketones (excluding diaryl/α,β-unsaturated/α-hetero) is 1. The van der Waals surface area contributed by atoms with E-state index in [0.29, 0.717) is 49.2 Å². The van der Waals surface area contributed by atoms with Crippen LogP contribution in [0, 0.1) is 22.7 Å². The molecular weight excluding hydrogens is 454 g/mol. The van der Waals surface area contributed by atoms with Crippen LogP contribution in [0.4, 0.5) is 0 Å². The first kappa shape index (κ1) is 23.4. The van der Waals surface area contributed by atoms with Gasteiger partial charge in [-0.1, -0.05) is 23.8 Å². The number of esters is 1. The van der Waals surface area contributed by atoms with E-state index < -0.39 is 23.3 Å². The predicted octanol–water partition coefficient (Wildman–Crippen LogP) is 4.77. The van der Waals surface area contributed by atoms with Crippen LogP contribution in [0.3, 0.4) is 0 Å². The Balaban J connectivity index is 1.52. The number of carbonyl (C=O) groups is 3. The van der Waals surface area contributed by atoms with Crippen LogP contribution in [0.5, 0.6) is 5.75 Å². The number of phenols is 1. The first-order valence-corrected chi connectivity index (χ1v) is 12.6. The van der Waals surface area contributed by atoms with Gasteiger partial charge in [-0.3, -0.25) is 14.4 Å². The quantitative estimate of drug-likeness (QED) is 0.490. The second-order valence-corrected chi connectivity index (χ2v) is 11.3. The molecule has 182 valence electrons. The number of carbonyl (C=O) groups excluding carboxylic acids is 3. The monoisotopic (exact) mass is 485 g/mol. The van der Waals surface area contributed by atoms with Gasteiger partial charge < -0.3 is 14.7 Å². The van der Waals surface area contributed by atoms with E-state index in [2.05, 4.69) is 0 Å². The molecule has 0 aromatic heterocycles. The molecule has 0 saturated heterocycles. The van der Waals surface area contributed by atoms with E-state index in [1.807, 2.05) is 12.2 Å². The van der Waals surface area contributed by atoms with Gasteiger partial charge in [0, 0.05) is 29.5 Å². The molecule has 34 heavy (non-hydrogen) atoms. The lowest BCUT2D eigenvalue weighted by Gasteiger charge is -2.44. The third-order valence-corrected chi connectivity index (χ3v) is 9.17. The Morgan fingerprint density at radius 1 is 1.26 bits per heavy atom. The van der Waals surface area contributed by atoms with Gasteiger partial charge in [0.25, 0.3) is 0 Å². The lowest BCUT2D eigenvalue weighted by atomic mass is 9.69. The minimum absolute atomic E-state index is 0.104. The molecule has 2 saturated carbocycles. The van der Waals surface area contributed by atoms with Crippen molar-refractivity contribution in [3.05, 3.63) is 40.4 Å². The molecule has 1 spiro atoms. The first-order chi connectivity index (χ1) is 16.2. The number of aromatic hydroxyl groups is 1. The fourth-order valence-electron chi connectivity index (χ4n) is 6.56. The smallest absolute Gasteiger partial charge is 0.312 e. The van der Waals surface area contributed by atoms with Crippen LogP contribution in [0.2, 0.25) is 5.02 Å². The largest absolute Gasteiger partial charge is 0.508 e. The number of rotatable bonds is 4. The first-order valence-electron chi connectivity index (χ1n) is 12.3. The van der Waals surface area contributed by atoms with E-state index in [4.69, 9.17) is 16.3 Å². The van der Waals surface area contributed by atoms with Gasteiger partial charge in [0.15, 0.2) is 0 Å². The van der Waals surface area contributed by atoms with E-state index in [1.165, 1.54) is 7.11 Å². The van der Waals surface area contributed by atoms with Gasteiger partial charge in [-0.25, -0.2) is 0 Å². The summed E-state index contributed by atoms with van der Waals surface area (Å²) in [5.74, 6) is -0.850. The van der Waals surface area contributed by atoms with Gasteiger partial charge in [-0.15, -0.1) is 0 Å². The zero-order valence-electron chi connectivity index (χ0n) is 19.8. The highest BCUT2D eigenvalue weighted by Crippen LogP contribution is 2.60. The van der Waals surface area contributed by atoms with Crippen molar-refractivity contribution in [3.63, 3.8) is 0 Å². The zero-order chi connectivity index (χ0) is 24.3. The summed E-state index contributed by atoms with van der Waals surface area (Å²) >= 11 is 6.51. The van der Waals surface area contributed by atoms with Crippen LogP contribution in [-0.4, -0.2) is 41.3 Å². The summed E-state index contributed by atoms with van der Waals surface area (Å²) in [6.45, 7) is 2.23. The molecule has 2 fully saturated rings. The number of ketones is 1. The van der Waals surface area contributed by atoms with Gasteiger partial charge in [0.2, 0.25) is 5.91 Å². The van der Waals surface area contributed by atoms with E-state index in [1.54, 1.807) is 24.0 Å². The Kier molecular flexibility index (Phi) is 5.78. The highest BCUT2D eigenvalue weighted by Gasteiger charge is 2.54. The summed E-state index contributed by atoms with van der Waals surface area (Å²) in [7, 11) is 1.35. The Hall–Kier alpha value is -2.34. The van der Waals surface area contributed by atoms with E-state index in [9.17, 15) is 19.5 Å². The van der Waals surface area contributed by atoms with Crippen LogP contribution in [-0.2, 0) is 25.5 Å². The number of benzene rings is 1. The topological polar surface area (TPSA) is 83.9 Å². The molecule has 1 N–H and O–H groups in total. The maximum atomic E-state index is 14.1. The van der Waals surface area contributed by atoms with E-state index in [-0.39, 0.29) is 28.8 Å². The van der Waals surface area contributed by atoms with Crippen molar-refractivity contribution in [2.75, 3.05) is 13.7 Å². The number of halogens is 1. The summed E-state index contributed by atoms with van der Waals surface area (Å²) < 4.78 is 5.08. The summed E-state index contributed by atoms with van der Waals surface area (Å²) in [6, 6.07) is 2.80. The highest BCUT2D eigenvalue weighted by atomic mass is 35.5. The Morgan fingerprint density at radius 2 is 2.03 bits per heavy atom. The molecule has 1 aliphatic heterocycles. The highest BCUT2D eigenvalue weighted by molar-refractivity contribution is 6.31. The number of ether oxygens (including phenoxy) is 1. The third kappa shape index (κ3) is 3.74. The molecule has 7 heteroatoms. The number of hydrogen-bond donors (Lipinski definition) is 1. The minimum Gasteiger partial charge on any atom is -0.508 e. The maximum Gasteiger partial charge on any atom is 0.312 e. The summed E-state index contributed by atoms with van der Waals surface area (Å²) in [4.78, 5) is 41.5. The molecular formula is C27H32ClNO5. The van der Waals surface area contributed by atoms with Crippen molar-refractivity contribution in [1.82, 2.24) is 4.90 Å². The molecule has 4 atom stereocenters. The predicted molar refractivity (Wildman–Crippen MR) is 127 cm³/mol. The molecule has 1 aromatic carbocycles. The molecule has 1 unspecified atom stereocenters. The molecule has 4 aliphatic rings. The Labute approximate surface area is 205 Å². The van der Waals surface area contributed by atoms with Crippen LogP contribution in [0.15, 0.2) is 24.3 Å². The summed E-state index contributed by atoms with van der Waals surface area (Å²) in [6.07, 6.45) is 9.44. The molecule has 3 aliphatic carbocycles. The van der Waals surface area contributed by atoms with Crippen molar-refractivity contribution < 1.29 is 24.2 Å². The van der Waals surface area contributed by atoms with E-state index >= 15 is 0 Å². The van der Waals surface area contributed by atoms with Gasteiger partial charge in [0.05, 0.1) is 24.5 Å². The van der Waals surface area contributed by atoms with Gasteiger partial charge in [-0.05, 0) is 75.0 Å². The van der Waals surface area contributed by atoms with Crippen molar-refractivity contribution in [1.29, 1.82) is 0 Å². The fourth-order valence-corrected chi connectivity index (χ4v) is 6.82. The van der Waals surface area contributed by atoms with E-state index in [0.717, 1.165) is 24.8 Å². The molecule has 6 nitrogen and oxygen atoms in total. The number of allylic oxidation sites excluding steroid dienone is 2. The summed E-state index contributed by atoms with van der Waals surface area (Å²) in [5, 5.41) is 11.4. The maximum absolute atomic E-state index is 14.1.